The topological polar surface area (TPSA) is 125 Å². The van der Waals surface area contributed by atoms with E-state index in [9.17, 15) is 24.9 Å². The van der Waals surface area contributed by atoms with E-state index < -0.39 is 41.9 Å². The van der Waals surface area contributed by atoms with E-state index in [1.165, 1.54) is 6.08 Å². The molecule has 2 heterocycles. The molecule has 0 aromatic carbocycles. The summed E-state index contributed by atoms with van der Waals surface area (Å²) in [6.07, 6.45) is -1.34. The van der Waals surface area contributed by atoms with E-state index in [2.05, 4.69) is 6.58 Å². The second-order valence-electron chi connectivity index (χ2n) is 4.68. The second kappa shape index (κ2) is 5.33. The molecule has 0 saturated carbocycles. The molecule has 1 aliphatic heterocycles. The summed E-state index contributed by atoms with van der Waals surface area (Å²) >= 11 is 0. The smallest absolute Gasteiger partial charge is 0.330 e. The van der Waals surface area contributed by atoms with Gasteiger partial charge in [0.15, 0.2) is 6.23 Å². The van der Waals surface area contributed by atoms with Gasteiger partial charge in [-0.1, -0.05) is 6.08 Å². The minimum Gasteiger partial charge on any atom is -0.393 e. The first-order chi connectivity index (χ1) is 9.45. The molecule has 4 atom stereocenters. The minimum atomic E-state index is -1.43. The summed E-state index contributed by atoms with van der Waals surface area (Å²) in [4.78, 5) is 24.7. The van der Waals surface area contributed by atoms with Crippen LogP contribution in [0.25, 0.3) is 0 Å². The average Bonchev–Trinajstić information content (AvgIpc) is 2.65. The highest BCUT2D eigenvalue weighted by Crippen LogP contribution is 2.38. The fraction of sp³-hybridized carbons (Fsp3) is 0.500. The number of aliphatic hydroxyl groups is 3. The molecular weight excluding hydrogens is 268 g/mol. The molecule has 110 valence electrons. The van der Waals surface area contributed by atoms with Gasteiger partial charge in [0, 0.05) is 12.3 Å². The number of aromatic nitrogens is 2. The Morgan fingerprint density at radius 2 is 2.20 bits per heavy atom. The Kier molecular flexibility index (Phi) is 3.91. The molecule has 1 aromatic heterocycles. The van der Waals surface area contributed by atoms with Crippen molar-refractivity contribution < 1.29 is 20.1 Å². The minimum absolute atomic E-state index is 0.0936. The Bertz CT molecular complexity index is 608. The molecule has 2 unspecified atom stereocenters. The van der Waals surface area contributed by atoms with Crippen LogP contribution < -0.4 is 11.2 Å². The van der Waals surface area contributed by atoms with Crippen molar-refractivity contribution in [3.63, 3.8) is 0 Å². The normalized spacial score (nSPS) is 33.2. The first-order valence-electron chi connectivity index (χ1n) is 6.02. The maximum Gasteiger partial charge on any atom is 0.330 e. The van der Waals surface area contributed by atoms with Crippen molar-refractivity contribution in [1.29, 1.82) is 0 Å². The number of hydrogen-bond acceptors (Lipinski definition) is 6. The van der Waals surface area contributed by atoms with Crippen LogP contribution in [0.15, 0.2) is 34.5 Å². The Balaban J connectivity index is 2.42. The zero-order valence-electron chi connectivity index (χ0n) is 10.6. The molecule has 8 heteroatoms. The fourth-order valence-electron chi connectivity index (χ4n) is 2.30. The average molecular weight is 284 g/mol. The van der Waals surface area contributed by atoms with Crippen molar-refractivity contribution in [2.75, 3.05) is 6.61 Å². The standard InChI is InChI=1S/C12H16N2O6/c1-2-4-12(6-15)9(18)8(17)10(20-12)14-5-3-7(16)13-11(14)19/h2-3,5,8-10,15,17-18H,1,4,6H2,(H,13,16,19)/t8?,9?,10-,12-/m0/s1. The van der Waals surface area contributed by atoms with E-state index >= 15 is 0 Å². The maximum atomic E-state index is 11.7. The second-order valence-corrected chi connectivity index (χ2v) is 4.68. The zero-order valence-corrected chi connectivity index (χ0v) is 10.6. The lowest BCUT2D eigenvalue weighted by Crippen LogP contribution is -2.45. The highest BCUT2D eigenvalue weighted by molar-refractivity contribution is 5.04. The van der Waals surface area contributed by atoms with Crippen LogP contribution >= 0.6 is 0 Å². The lowest BCUT2D eigenvalue weighted by Gasteiger charge is -2.28. The van der Waals surface area contributed by atoms with Crippen molar-refractivity contribution in [3.8, 4) is 0 Å². The summed E-state index contributed by atoms with van der Waals surface area (Å²) in [5, 5.41) is 29.5. The largest absolute Gasteiger partial charge is 0.393 e. The van der Waals surface area contributed by atoms with E-state index in [1.54, 1.807) is 0 Å². The Hall–Kier alpha value is -1.74. The van der Waals surface area contributed by atoms with E-state index in [0.29, 0.717) is 0 Å². The summed E-state index contributed by atoms with van der Waals surface area (Å²) in [6, 6.07) is 1.09. The molecule has 2 rings (SSSR count). The van der Waals surface area contributed by atoms with Crippen LogP contribution in [0.1, 0.15) is 12.6 Å². The Labute approximate surface area is 113 Å². The van der Waals surface area contributed by atoms with Crippen LogP contribution in [0.3, 0.4) is 0 Å². The number of aliphatic hydroxyl groups excluding tert-OH is 3. The van der Waals surface area contributed by atoms with E-state index in [1.807, 2.05) is 4.98 Å². The van der Waals surface area contributed by atoms with Gasteiger partial charge in [-0.2, -0.15) is 0 Å². The van der Waals surface area contributed by atoms with Gasteiger partial charge in [-0.25, -0.2) is 4.79 Å². The number of rotatable bonds is 4. The van der Waals surface area contributed by atoms with Gasteiger partial charge in [0.05, 0.1) is 6.61 Å². The molecule has 20 heavy (non-hydrogen) atoms. The third-order valence-electron chi connectivity index (χ3n) is 3.39. The van der Waals surface area contributed by atoms with Crippen LogP contribution in [0.4, 0.5) is 0 Å². The maximum absolute atomic E-state index is 11.7. The van der Waals surface area contributed by atoms with Crippen molar-refractivity contribution in [1.82, 2.24) is 9.55 Å². The third kappa shape index (κ3) is 2.22. The first kappa shape index (κ1) is 14.7. The summed E-state index contributed by atoms with van der Waals surface area (Å²) in [6.45, 7) is 2.95. The Morgan fingerprint density at radius 3 is 2.75 bits per heavy atom. The van der Waals surface area contributed by atoms with Gasteiger partial charge in [0.25, 0.3) is 5.56 Å². The molecule has 1 aromatic rings. The first-order valence-corrected chi connectivity index (χ1v) is 6.02. The van der Waals surface area contributed by atoms with Crippen molar-refractivity contribution >= 4 is 0 Å². The predicted octanol–water partition coefficient (Wildman–Crippen LogP) is -1.91. The quantitative estimate of drug-likeness (QED) is 0.478. The summed E-state index contributed by atoms with van der Waals surface area (Å²) in [7, 11) is 0. The molecule has 0 radical (unpaired) electrons. The van der Waals surface area contributed by atoms with Crippen molar-refractivity contribution in [3.05, 3.63) is 45.8 Å². The van der Waals surface area contributed by atoms with Crippen molar-refractivity contribution in [2.45, 2.75) is 30.5 Å². The molecule has 4 N–H and O–H groups in total. The molecule has 0 bridgehead atoms. The van der Waals surface area contributed by atoms with Crippen LogP contribution in [0.5, 0.6) is 0 Å². The molecule has 1 aliphatic rings. The number of hydrogen-bond donors (Lipinski definition) is 4. The fourth-order valence-corrected chi connectivity index (χ4v) is 2.30. The molecular formula is C12H16N2O6. The van der Waals surface area contributed by atoms with Crippen LogP contribution in [0, 0.1) is 0 Å². The van der Waals surface area contributed by atoms with Gasteiger partial charge in [-0.3, -0.25) is 14.3 Å². The van der Waals surface area contributed by atoms with Crippen LogP contribution in [-0.2, 0) is 4.74 Å². The molecule has 8 nitrogen and oxygen atoms in total. The number of nitrogens with one attached hydrogen (secondary N) is 1. The Morgan fingerprint density at radius 1 is 1.50 bits per heavy atom. The van der Waals surface area contributed by atoms with Gasteiger partial charge >= 0.3 is 5.69 Å². The lowest BCUT2D eigenvalue weighted by atomic mass is 9.92. The van der Waals surface area contributed by atoms with Crippen LogP contribution in [-0.4, -0.2) is 49.3 Å². The van der Waals surface area contributed by atoms with Crippen molar-refractivity contribution in [2.24, 2.45) is 0 Å². The van der Waals surface area contributed by atoms with E-state index in [4.69, 9.17) is 4.74 Å². The lowest BCUT2D eigenvalue weighted by molar-refractivity contribution is -0.127. The SMILES string of the molecule is C=CC[C@@]1(CO)O[C@H](n2ccc(=O)[nH]c2=O)C(O)C1O. The summed E-state index contributed by atoms with van der Waals surface area (Å²) in [5.41, 5.74) is -2.79. The predicted molar refractivity (Wildman–Crippen MR) is 68.1 cm³/mol. The van der Waals surface area contributed by atoms with Gasteiger partial charge < -0.3 is 20.1 Å². The van der Waals surface area contributed by atoms with Gasteiger partial charge in [0.1, 0.15) is 17.8 Å². The molecule has 1 saturated heterocycles. The highest BCUT2D eigenvalue weighted by Gasteiger charge is 2.54. The van der Waals surface area contributed by atoms with E-state index in [-0.39, 0.29) is 6.42 Å². The monoisotopic (exact) mass is 284 g/mol. The highest BCUT2D eigenvalue weighted by atomic mass is 16.6. The summed E-state index contributed by atoms with van der Waals surface area (Å²) < 4.78 is 6.44. The van der Waals surface area contributed by atoms with E-state index in [0.717, 1.165) is 16.8 Å². The molecule has 1 fully saturated rings. The number of nitrogens with zero attached hydrogens (tertiary/aromatic N) is 1. The van der Waals surface area contributed by atoms with Gasteiger partial charge in [-0.05, 0) is 6.42 Å². The number of ether oxygens (including phenoxy) is 1. The summed E-state index contributed by atoms with van der Waals surface area (Å²) in [5.74, 6) is 0. The van der Waals surface area contributed by atoms with Crippen LogP contribution in [0.2, 0.25) is 0 Å². The zero-order chi connectivity index (χ0) is 14.9. The number of H-pyrrole nitrogens is 1. The molecule has 0 aliphatic carbocycles. The number of aromatic amines is 1. The molecule has 0 amide bonds. The van der Waals surface area contributed by atoms with Gasteiger partial charge in [-0.15, -0.1) is 6.58 Å². The molecule has 0 spiro atoms. The third-order valence-corrected chi connectivity index (χ3v) is 3.39. The van der Waals surface area contributed by atoms with Gasteiger partial charge in [0.2, 0.25) is 0 Å².